The fourth-order valence-corrected chi connectivity index (χ4v) is 4.39. The third-order valence-electron chi connectivity index (χ3n) is 4.33. The lowest BCUT2D eigenvalue weighted by Crippen LogP contribution is -2.33. The molecule has 2 atom stereocenters. The number of para-hydroxylation sites is 1. The molecule has 0 fully saturated rings. The maximum Gasteiger partial charge on any atom is 0.124 e. The lowest BCUT2D eigenvalue weighted by molar-refractivity contribution is 0.246. The van der Waals surface area contributed by atoms with Crippen molar-refractivity contribution >= 4 is 11.8 Å². The molecule has 2 aromatic rings. The summed E-state index contributed by atoms with van der Waals surface area (Å²) in [5.74, 6) is 3.33. The predicted octanol–water partition coefficient (Wildman–Crippen LogP) is 4.09. The normalized spacial score (nSPS) is 23.8. The Labute approximate surface area is 129 Å². The van der Waals surface area contributed by atoms with Crippen LogP contribution in [0.1, 0.15) is 35.2 Å². The maximum absolute atomic E-state index is 5.77. The highest BCUT2D eigenvalue weighted by molar-refractivity contribution is 7.98. The lowest BCUT2D eigenvalue weighted by Gasteiger charge is -2.33. The number of hydrogen-bond donors (Lipinski definition) is 1. The molecule has 1 N–H and O–H groups in total. The molecule has 0 bridgehead atoms. The van der Waals surface area contributed by atoms with Crippen LogP contribution >= 0.6 is 11.8 Å². The van der Waals surface area contributed by atoms with Gasteiger partial charge in [0.2, 0.25) is 0 Å². The van der Waals surface area contributed by atoms with Gasteiger partial charge in [0, 0.05) is 35.6 Å². The van der Waals surface area contributed by atoms with Crippen molar-refractivity contribution in [1.29, 1.82) is 0 Å². The summed E-state index contributed by atoms with van der Waals surface area (Å²) in [5.41, 5.74) is 4.25. The van der Waals surface area contributed by atoms with Crippen LogP contribution in [-0.2, 0) is 5.75 Å². The zero-order chi connectivity index (χ0) is 14.1. The van der Waals surface area contributed by atoms with Gasteiger partial charge in [0.15, 0.2) is 0 Å². The van der Waals surface area contributed by atoms with Gasteiger partial charge in [-0.25, -0.2) is 0 Å². The second kappa shape index (κ2) is 5.74. The van der Waals surface area contributed by atoms with E-state index >= 15 is 0 Å². The number of ether oxygens (including phenoxy) is 1. The van der Waals surface area contributed by atoms with Crippen molar-refractivity contribution in [3.05, 3.63) is 65.2 Å². The zero-order valence-corrected chi connectivity index (χ0v) is 12.7. The standard InChI is InChI=1S/C18H19NOS/c1-2-6-14-13(5-1)11-21-12-17(14)19-16-9-10-20-18-8-4-3-7-15(16)18/h1-8,16-17,19H,9-12H2. The molecular weight excluding hydrogens is 278 g/mol. The first-order valence-corrected chi connectivity index (χ1v) is 8.70. The van der Waals surface area contributed by atoms with E-state index < -0.39 is 0 Å². The van der Waals surface area contributed by atoms with Crippen LogP contribution in [0, 0.1) is 0 Å². The molecule has 0 amide bonds. The van der Waals surface area contributed by atoms with Gasteiger partial charge >= 0.3 is 0 Å². The van der Waals surface area contributed by atoms with E-state index in [9.17, 15) is 0 Å². The molecule has 0 saturated heterocycles. The fraction of sp³-hybridized carbons (Fsp3) is 0.333. The van der Waals surface area contributed by atoms with Crippen LogP contribution in [0.5, 0.6) is 5.75 Å². The van der Waals surface area contributed by atoms with Gasteiger partial charge in [0.25, 0.3) is 0 Å². The largest absolute Gasteiger partial charge is 0.493 e. The Hall–Kier alpha value is -1.45. The maximum atomic E-state index is 5.77. The van der Waals surface area contributed by atoms with Crippen LogP contribution in [0.2, 0.25) is 0 Å². The SMILES string of the molecule is c1ccc2c(c1)CSCC2NC1CCOc2ccccc21. The molecule has 4 rings (SSSR count). The zero-order valence-electron chi connectivity index (χ0n) is 11.9. The topological polar surface area (TPSA) is 21.3 Å². The molecule has 2 unspecified atom stereocenters. The summed E-state index contributed by atoms with van der Waals surface area (Å²) in [4.78, 5) is 0. The van der Waals surface area contributed by atoms with Crippen molar-refractivity contribution in [2.24, 2.45) is 0 Å². The average molecular weight is 297 g/mol. The Morgan fingerprint density at radius 1 is 0.952 bits per heavy atom. The molecule has 2 aromatic carbocycles. The Bertz CT molecular complexity index is 587. The first-order chi connectivity index (χ1) is 10.4. The highest BCUT2D eigenvalue weighted by Crippen LogP contribution is 2.37. The van der Waals surface area contributed by atoms with Crippen molar-refractivity contribution < 1.29 is 4.74 Å². The number of nitrogens with one attached hydrogen (secondary N) is 1. The van der Waals surface area contributed by atoms with Crippen molar-refractivity contribution in [3.8, 4) is 5.75 Å². The van der Waals surface area contributed by atoms with E-state index in [1.54, 1.807) is 0 Å². The molecule has 0 spiro atoms. The first kappa shape index (κ1) is 13.2. The summed E-state index contributed by atoms with van der Waals surface area (Å²) in [6, 6.07) is 18.1. The Kier molecular flexibility index (Phi) is 3.62. The van der Waals surface area contributed by atoms with E-state index in [2.05, 4.69) is 47.8 Å². The Balaban J connectivity index is 1.61. The summed E-state index contributed by atoms with van der Waals surface area (Å²) >= 11 is 2.02. The molecule has 2 aliphatic heterocycles. The van der Waals surface area contributed by atoms with Crippen LogP contribution in [0.4, 0.5) is 0 Å². The highest BCUT2D eigenvalue weighted by atomic mass is 32.2. The van der Waals surface area contributed by atoms with Crippen molar-refractivity contribution in [3.63, 3.8) is 0 Å². The molecule has 2 heterocycles. The minimum atomic E-state index is 0.395. The lowest BCUT2D eigenvalue weighted by atomic mass is 9.96. The van der Waals surface area contributed by atoms with Gasteiger partial charge in [0.05, 0.1) is 6.61 Å². The third kappa shape index (κ3) is 2.56. The number of thioether (sulfide) groups is 1. The molecule has 0 radical (unpaired) electrons. The average Bonchev–Trinajstić information content (AvgIpc) is 2.56. The minimum Gasteiger partial charge on any atom is -0.493 e. The second-order valence-corrected chi connectivity index (χ2v) is 6.69. The molecule has 3 heteroatoms. The van der Waals surface area contributed by atoms with Gasteiger partial charge in [-0.1, -0.05) is 42.5 Å². The number of hydrogen-bond acceptors (Lipinski definition) is 3. The van der Waals surface area contributed by atoms with E-state index in [-0.39, 0.29) is 0 Å². The summed E-state index contributed by atoms with van der Waals surface area (Å²) in [6.45, 7) is 0.802. The van der Waals surface area contributed by atoms with Crippen LogP contribution in [0.3, 0.4) is 0 Å². The van der Waals surface area contributed by atoms with Gasteiger partial charge in [-0.15, -0.1) is 0 Å². The Morgan fingerprint density at radius 2 is 1.76 bits per heavy atom. The molecule has 21 heavy (non-hydrogen) atoms. The monoisotopic (exact) mass is 297 g/mol. The molecule has 0 aromatic heterocycles. The first-order valence-electron chi connectivity index (χ1n) is 7.55. The number of rotatable bonds is 2. The van der Waals surface area contributed by atoms with Crippen LogP contribution in [0.15, 0.2) is 48.5 Å². The smallest absolute Gasteiger partial charge is 0.124 e. The van der Waals surface area contributed by atoms with Crippen LogP contribution in [-0.4, -0.2) is 12.4 Å². The van der Waals surface area contributed by atoms with Crippen molar-refractivity contribution in [2.75, 3.05) is 12.4 Å². The third-order valence-corrected chi connectivity index (χ3v) is 5.42. The van der Waals surface area contributed by atoms with Crippen molar-refractivity contribution in [1.82, 2.24) is 5.32 Å². The van der Waals surface area contributed by atoms with Gasteiger partial charge in [-0.2, -0.15) is 11.8 Å². The van der Waals surface area contributed by atoms with Gasteiger partial charge < -0.3 is 10.1 Å². The fourth-order valence-electron chi connectivity index (χ4n) is 3.28. The van der Waals surface area contributed by atoms with E-state index in [1.807, 2.05) is 17.8 Å². The van der Waals surface area contributed by atoms with Gasteiger partial charge in [0.1, 0.15) is 5.75 Å². The molecule has 2 nitrogen and oxygen atoms in total. The highest BCUT2D eigenvalue weighted by Gasteiger charge is 2.26. The van der Waals surface area contributed by atoms with Gasteiger partial charge in [-0.05, 0) is 17.2 Å². The summed E-state index contributed by atoms with van der Waals surface area (Å²) in [5, 5.41) is 3.87. The quantitative estimate of drug-likeness (QED) is 0.902. The van der Waals surface area contributed by atoms with Crippen LogP contribution < -0.4 is 10.1 Å². The molecule has 2 aliphatic rings. The Morgan fingerprint density at radius 3 is 2.71 bits per heavy atom. The summed E-state index contributed by atoms with van der Waals surface area (Å²) in [6.07, 6.45) is 1.04. The van der Waals surface area contributed by atoms with E-state index in [0.29, 0.717) is 12.1 Å². The summed E-state index contributed by atoms with van der Waals surface area (Å²) in [7, 11) is 0. The van der Waals surface area contributed by atoms with Gasteiger partial charge in [-0.3, -0.25) is 0 Å². The van der Waals surface area contributed by atoms with E-state index in [0.717, 1.165) is 30.3 Å². The van der Waals surface area contributed by atoms with E-state index in [4.69, 9.17) is 4.74 Å². The molecule has 0 aliphatic carbocycles. The molecule has 0 saturated carbocycles. The number of fused-ring (bicyclic) bond motifs is 2. The van der Waals surface area contributed by atoms with Crippen LogP contribution in [0.25, 0.3) is 0 Å². The van der Waals surface area contributed by atoms with Crippen molar-refractivity contribution in [2.45, 2.75) is 24.3 Å². The molecular formula is C18H19NOS. The van der Waals surface area contributed by atoms with E-state index in [1.165, 1.54) is 16.7 Å². The molecule has 108 valence electrons. The predicted molar refractivity (Wildman–Crippen MR) is 87.8 cm³/mol. The summed E-state index contributed by atoms with van der Waals surface area (Å²) < 4.78 is 5.77. The minimum absolute atomic E-state index is 0.395. The second-order valence-electron chi connectivity index (χ2n) is 5.66. The number of benzene rings is 2.